The van der Waals surface area contributed by atoms with Crippen LogP contribution in [0.2, 0.25) is 0 Å². The number of carboxylic acid groups (broad SMARTS) is 1. The van der Waals surface area contributed by atoms with E-state index in [9.17, 15) is 9.90 Å². The summed E-state index contributed by atoms with van der Waals surface area (Å²) in [6.07, 6.45) is 16.7. The van der Waals surface area contributed by atoms with Gasteiger partial charge in [-0.3, -0.25) is 0 Å². The standard InChI is InChI=1S/C30H48O2/c1-19(2)8-7-9-20(3)25-12-13-26-24-11-10-23-18-22(21(4)28(31)32)14-16-29(23,5)27(24)15-17-30(25,26)6/h10,19-20,22,24-27H,4,7-9,11-18H2,1-3,5-6H3,(H,31,32). The van der Waals surface area contributed by atoms with Crippen molar-refractivity contribution in [2.75, 3.05) is 0 Å². The van der Waals surface area contributed by atoms with Crippen molar-refractivity contribution in [3.63, 3.8) is 0 Å². The average Bonchev–Trinajstić information content (AvgIpc) is 3.09. The molecule has 4 aliphatic rings. The zero-order valence-corrected chi connectivity index (χ0v) is 21.5. The minimum absolute atomic E-state index is 0.139. The Morgan fingerprint density at radius 1 is 1.09 bits per heavy atom. The zero-order chi connectivity index (χ0) is 23.3. The lowest BCUT2D eigenvalue weighted by Crippen LogP contribution is -2.50. The first-order valence-electron chi connectivity index (χ1n) is 13.7. The molecule has 0 saturated heterocycles. The Labute approximate surface area is 197 Å². The van der Waals surface area contributed by atoms with Gasteiger partial charge in [-0.25, -0.2) is 4.79 Å². The summed E-state index contributed by atoms with van der Waals surface area (Å²) in [7, 11) is 0. The van der Waals surface area contributed by atoms with Gasteiger partial charge in [0.2, 0.25) is 0 Å². The Bertz CT molecular complexity index is 763. The van der Waals surface area contributed by atoms with E-state index in [1.54, 1.807) is 5.57 Å². The summed E-state index contributed by atoms with van der Waals surface area (Å²) in [4.78, 5) is 11.5. The van der Waals surface area contributed by atoms with Gasteiger partial charge in [0, 0.05) is 5.57 Å². The second kappa shape index (κ2) is 8.95. The first-order valence-corrected chi connectivity index (χ1v) is 13.7. The number of fused-ring (bicyclic) bond motifs is 5. The second-order valence-corrected chi connectivity index (χ2v) is 13.1. The summed E-state index contributed by atoms with van der Waals surface area (Å²) >= 11 is 0. The lowest BCUT2D eigenvalue weighted by Gasteiger charge is -2.58. The van der Waals surface area contributed by atoms with Gasteiger partial charge in [0.25, 0.3) is 0 Å². The molecule has 32 heavy (non-hydrogen) atoms. The number of allylic oxidation sites excluding steroid dienone is 2. The van der Waals surface area contributed by atoms with Crippen LogP contribution < -0.4 is 0 Å². The van der Waals surface area contributed by atoms with Crippen molar-refractivity contribution < 1.29 is 9.90 Å². The van der Waals surface area contributed by atoms with Gasteiger partial charge >= 0.3 is 5.97 Å². The van der Waals surface area contributed by atoms with Crippen molar-refractivity contribution >= 4 is 5.97 Å². The van der Waals surface area contributed by atoms with Crippen molar-refractivity contribution in [2.24, 2.45) is 52.3 Å². The summed E-state index contributed by atoms with van der Waals surface area (Å²) in [6.45, 7) is 16.4. The van der Waals surface area contributed by atoms with Gasteiger partial charge in [-0.1, -0.05) is 72.1 Å². The normalized spacial score (nSPS) is 41.9. The highest BCUT2D eigenvalue weighted by Gasteiger charge is 2.59. The fourth-order valence-corrected chi connectivity index (χ4v) is 9.16. The van der Waals surface area contributed by atoms with E-state index in [2.05, 4.69) is 47.3 Å². The fourth-order valence-electron chi connectivity index (χ4n) is 9.16. The molecule has 4 rings (SSSR count). The monoisotopic (exact) mass is 440 g/mol. The Morgan fingerprint density at radius 2 is 1.84 bits per heavy atom. The van der Waals surface area contributed by atoms with Crippen LogP contribution in [0.3, 0.4) is 0 Å². The van der Waals surface area contributed by atoms with Crippen LogP contribution in [0.1, 0.15) is 105 Å². The van der Waals surface area contributed by atoms with Crippen molar-refractivity contribution in [3.8, 4) is 0 Å². The van der Waals surface area contributed by atoms with E-state index in [-0.39, 0.29) is 5.92 Å². The Balaban J connectivity index is 1.48. The van der Waals surface area contributed by atoms with Crippen LogP contribution in [-0.4, -0.2) is 11.1 Å². The molecule has 3 saturated carbocycles. The van der Waals surface area contributed by atoms with Gasteiger partial charge in [-0.15, -0.1) is 0 Å². The molecule has 0 aliphatic heterocycles. The van der Waals surface area contributed by atoms with Gasteiger partial charge in [0.1, 0.15) is 0 Å². The predicted molar refractivity (Wildman–Crippen MR) is 133 cm³/mol. The second-order valence-electron chi connectivity index (χ2n) is 13.1. The Morgan fingerprint density at radius 3 is 2.53 bits per heavy atom. The molecule has 2 nitrogen and oxygen atoms in total. The molecule has 0 aromatic heterocycles. The van der Waals surface area contributed by atoms with Crippen LogP contribution in [0, 0.1) is 52.3 Å². The van der Waals surface area contributed by atoms with Crippen LogP contribution in [0.15, 0.2) is 23.8 Å². The third-order valence-corrected chi connectivity index (χ3v) is 11.1. The minimum atomic E-state index is -0.805. The molecule has 0 amide bonds. The van der Waals surface area contributed by atoms with Crippen molar-refractivity contribution in [3.05, 3.63) is 23.8 Å². The van der Waals surface area contributed by atoms with E-state index >= 15 is 0 Å². The lowest BCUT2D eigenvalue weighted by molar-refractivity contribution is -0.133. The van der Waals surface area contributed by atoms with E-state index in [0.717, 1.165) is 54.8 Å². The third-order valence-electron chi connectivity index (χ3n) is 11.1. The smallest absolute Gasteiger partial charge is 0.331 e. The lowest BCUT2D eigenvalue weighted by atomic mass is 9.46. The highest BCUT2D eigenvalue weighted by atomic mass is 16.4. The molecular formula is C30H48O2. The molecule has 2 heteroatoms. The van der Waals surface area contributed by atoms with E-state index < -0.39 is 5.97 Å². The van der Waals surface area contributed by atoms with Crippen LogP contribution >= 0.6 is 0 Å². The third kappa shape index (κ3) is 4.03. The van der Waals surface area contributed by atoms with Crippen LogP contribution in [0.5, 0.6) is 0 Å². The van der Waals surface area contributed by atoms with E-state index in [4.69, 9.17) is 0 Å². The zero-order valence-electron chi connectivity index (χ0n) is 21.5. The molecule has 4 aliphatic carbocycles. The van der Waals surface area contributed by atoms with Crippen molar-refractivity contribution in [2.45, 2.75) is 105 Å². The Kier molecular flexibility index (Phi) is 6.74. The highest BCUT2D eigenvalue weighted by molar-refractivity contribution is 5.86. The average molecular weight is 441 g/mol. The maximum absolute atomic E-state index is 11.5. The van der Waals surface area contributed by atoms with Gasteiger partial charge < -0.3 is 5.11 Å². The fraction of sp³-hybridized carbons (Fsp3) is 0.833. The molecule has 8 unspecified atom stereocenters. The summed E-state index contributed by atoms with van der Waals surface area (Å²) < 4.78 is 0. The van der Waals surface area contributed by atoms with E-state index in [0.29, 0.717) is 16.4 Å². The maximum Gasteiger partial charge on any atom is 0.331 e. The van der Waals surface area contributed by atoms with E-state index in [1.165, 1.54) is 51.4 Å². The molecule has 0 aromatic carbocycles. The van der Waals surface area contributed by atoms with Gasteiger partial charge in [-0.05, 0) is 104 Å². The number of aliphatic carboxylic acids is 1. The SMILES string of the molecule is C=C(C(=O)O)C1CCC2(C)C(=CCC3C2CCC2(C)C(C(C)CCCC(C)C)CCC32)C1. The number of carbonyl (C=O) groups is 1. The first-order chi connectivity index (χ1) is 15.1. The number of rotatable bonds is 7. The maximum atomic E-state index is 11.5. The summed E-state index contributed by atoms with van der Waals surface area (Å²) in [5.74, 6) is 4.47. The Hall–Kier alpha value is -1.05. The summed E-state index contributed by atoms with van der Waals surface area (Å²) in [5, 5.41) is 9.44. The molecule has 3 fully saturated rings. The number of carboxylic acids is 1. The summed E-state index contributed by atoms with van der Waals surface area (Å²) in [5.41, 5.74) is 2.82. The quantitative estimate of drug-likeness (QED) is 0.319. The number of hydrogen-bond donors (Lipinski definition) is 1. The molecule has 0 spiro atoms. The topological polar surface area (TPSA) is 37.3 Å². The minimum Gasteiger partial charge on any atom is -0.478 e. The molecule has 0 heterocycles. The van der Waals surface area contributed by atoms with Crippen molar-refractivity contribution in [1.29, 1.82) is 0 Å². The molecule has 0 bridgehead atoms. The molecule has 8 atom stereocenters. The van der Waals surface area contributed by atoms with Crippen molar-refractivity contribution in [1.82, 2.24) is 0 Å². The molecule has 180 valence electrons. The predicted octanol–water partition coefficient (Wildman–Crippen LogP) is 8.28. The van der Waals surface area contributed by atoms with Crippen LogP contribution in [0.25, 0.3) is 0 Å². The number of hydrogen-bond acceptors (Lipinski definition) is 1. The largest absolute Gasteiger partial charge is 0.478 e. The van der Waals surface area contributed by atoms with E-state index in [1.807, 2.05) is 0 Å². The molecule has 0 aromatic rings. The molecular weight excluding hydrogens is 392 g/mol. The van der Waals surface area contributed by atoms with Crippen LogP contribution in [0.4, 0.5) is 0 Å². The van der Waals surface area contributed by atoms with Gasteiger partial charge in [0.05, 0.1) is 0 Å². The first kappa shape index (κ1) is 24.1. The molecule has 1 N–H and O–H groups in total. The van der Waals surface area contributed by atoms with Gasteiger partial charge in [0.15, 0.2) is 0 Å². The highest BCUT2D eigenvalue weighted by Crippen LogP contribution is 2.67. The van der Waals surface area contributed by atoms with Gasteiger partial charge in [-0.2, -0.15) is 0 Å². The van der Waals surface area contributed by atoms with Crippen LogP contribution in [-0.2, 0) is 4.79 Å². The summed E-state index contributed by atoms with van der Waals surface area (Å²) in [6, 6.07) is 0. The molecule has 0 radical (unpaired) electrons.